The molecule has 0 bridgehead atoms. The molecule has 5 nitrogen and oxygen atoms in total. The molecule has 2 amide bonds. The molecule has 2 fully saturated rings. The lowest BCUT2D eigenvalue weighted by Gasteiger charge is -2.31. The van der Waals surface area contributed by atoms with Crippen LogP contribution < -0.4 is 0 Å². The van der Waals surface area contributed by atoms with E-state index in [0.717, 1.165) is 0 Å². The second kappa shape index (κ2) is 5.83. The number of likely N-dealkylation sites (tertiary alicyclic amines) is 2. The summed E-state index contributed by atoms with van der Waals surface area (Å²) in [5, 5.41) is 0. The number of hydrogen-bond donors (Lipinski definition) is 0. The summed E-state index contributed by atoms with van der Waals surface area (Å²) in [6, 6.07) is 0. The fourth-order valence-corrected chi connectivity index (χ4v) is 3.56. The second-order valence-electron chi connectivity index (χ2n) is 8.92. The first-order chi connectivity index (χ1) is 10.4. The van der Waals surface area contributed by atoms with E-state index in [4.69, 9.17) is 16.3 Å². The van der Waals surface area contributed by atoms with Gasteiger partial charge in [0.15, 0.2) is 0 Å². The molecule has 0 N–H and O–H groups in total. The normalized spacial score (nSPS) is 28.0. The third-order valence-electron chi connectivity index (χ3n) is 4.82. The maximum absolute atomic E-state index is 12.6. The monoisotopic (exact) mass is 344 g/mol. The molecule has 2 atom stereocenters. The molecule has 0 aromatic rings. The molecule has 2 rings (SSSR count). The molecule has 0 radical (unpaired) electrons. The third kappa shape index (κ3) is 3.76. The SMILES string of the molecule is CC(C)(C)OC(=O)N1C[C@@H]2CN(C(=O)C(C)(C)CCl)C[C@]2(C)C1. The predicted octanol–water partition coefficient (Wildman–Crippen LogP) is 2.97. The van der Waals surface area contributed by atoms with Gasteiger partial charge in [0.1, 0.15) is 5.60 Å². The maximum Gasteiger partial charge on any atom is 0.410 e. The van der Waals surface area contributed by atoms with E-state index >= 15 is 0 Å². The van der Waals surface area contributed by atoms with E-state index in [1.54, 1.807) is 4.90 Å². The fraction of sp³-hybridized carbons (Fsp3) is 0.882. The summed E-state index contributed by atoms with van der Waals surface area (Å²) in [4.78, 5) is 28.6. The minimum Gasteiger partial charge on any atom is -0.444 e. The van der Waals surface area contributed by atoms with Crippen LogP contribution in [0.15, 0.2) is 0 Å². The summed E-state index contributed by atoms with van der Waals surface area (Å²) in [6.45, 7) is 14.2. The van der Waals surface area contributed by atoms with Crippen molar-refractivity contribution >= 4 is 23.6 Å². The number of carbonyl (C=O) groups is 2. The second-order valence-corrected chi connectivity index (χ2v) is 9.18. The number of alkyl halides is 1. The van der Waals surface area contributed by atoms with Gasteiger partial charge in [-0.3, -0.25) is 4.79 Å². The Morgan fingerprint density at radius 1 is 1.13 bits per heavy atom. The minimum absolute atomic E-state index is 0.0606. The molecule has 0 aliphatic carbocycles. The van der Waals surface area contributed by atoms with Crippen LogP contribution in [0.5, 0.6) is 0 Å². The summed E-state index contributed by atoms with van der Waals surface area (Å²) in [5.74, 6) is 0.713. The largest absolute Gasteiger partial charge is 0.444 e. The Morgan fingerprint density at radius 3 is 2.13 bits per heavy atom. The predicted molar refractivity (Wildman–Crippen MR) is 90.5 cm³/mol. The Balaban J connectivity index is 2.01. The first-order valence-corrected chi connectivity index (χ1v) is 8.75. The number of nitrogens with zero attached hydrogens (tertiary/aromatic N) is 2. The number of rotatable bonds is 2. The molecule has 0 saturated carbocycles. The summed E-state index contributed by atoms with van der Waals surface area (Å²) >= 11 is 5.93. The molecule has 0 spiro atoms. The smallest absolute Gasteiger partial charge is 0.410 e. The molecule has 0 aromatic heterocycles. The molecule has 6 heteroatoms. The van der Waals surface area contributed by atoms with Gasteiger partial charge in [0.2, 0.25) is 5.91 Å². The number of fused-ring (bicyclic) bond motifs is 1. The van der Waals surface area contributed by atoms with Gasteiger partial charge >= 0.3 is 6.09 Å². The van der Waals surface area contributed by atoms with Gasteiger partial charge in [-0.05, 0) is 34.6 Å². The lowest BCUT2D eigenvalue weighted by Crippen LogP contribution is -2.44. The Labute approximate surface area is 144 Å². The number of amides is 2. The van der Waals surface area contributed by atoms with E-state index in [9.17, 15) is 9.59 Å². The molecule has 23 heavy (non-hydrogen) atoms. The maximum atomic E-state index is 12.6. The van der Waals surface area contributed by atoms with Crippen molar-refractivity contribution in [2.24, 2.45) is 16.7 Å². The van der Waals surface area contributed by atoms with Crippen LogP contribution in [0.3, 0.4) is 0 Å². The Kier molecular flexibility index (Phi) is 4.66. The molecule has 132 valence electrons. The van der Waals surface area contributed by atoms with Crippen molar-refractivity contribution in [2.45, 2.75) is 47.1 Å². The zero-order valence-electron chi connectivity index (χ0n) is 15.1. The van der Waals surface area contributed by atoms with Gasteiger partial charge < -0.3 is 14.5 Å². The average Bonchev–Trinajstić information content (AvgIpc) is 2.87. The summed E-state index contributed by atoms with van der Waals surface area (Å²) in [6.07, 6.45) is -0.257. The molecular formula is C17H29ClN2O3. The van der Waals surface area contributed by atoms with E-state index in [1.807, 2.05) is 39.5 Å². The molecule has 2 saturated heterocycles. The third-order valence-corrected chi connectivity index (χ3v) is 5.49. The quantitative estimate of drug-likeness (QED) is 0.724. The highest BCUT2D eigenvalue weighted by Crippen LogP contribution is 2.43. The molecule has 0 aromatic carbocycles. The van der Waals surface area contributed by atoms with E-state index in [2.05, 4.69) is 6.92 Å². The van der Waals surface area contributed by atoms with Crippen molar-refractivity contribution in [2.75, 3.05) is 32.1 Å². The first-order valence-electron chi connectivity index (χ1n) is 8.21. The highest BCUT2D eigenvalue weighted by atomic mass is 35.5. The Hall–Kier alpha value is -0.970. The zero-order chi connectivity index (χ0) is 17.6. The van der Waals surface area contributed by atoms with Crippen LogP contribution in [0.25, 0.3) is 0 Å². The number of halogens is 1. The zero-order valence-corrected chi connectivity index (χ0v) is 15.9. The topological polar surface area (TPSA) is 49.9 Å². The lowest BCUT2D eigenvalue weighted by atomic mass is 9.83. The highest BCUT2D eigenvalue weighted by Gasteiger charge is 2.53. The van der Waals surface area contributed by atoms with Gasteiger partial charge in [0, 0.05) is 43.4 Å². The highest BCUT2D eigenvalue weighted by molar-refractivity contribution is 6.19. The van der Waals surface area contributed by atoms with Crippen LogP contribution in [0.1, 0.15) is 41.5 Å². The molecule has 2 aliphatic rings. The first kappa shape index (κ1) is 18.4. The Morgan fingerprint density at radius 2 is 1.65 bits per heavy atom. The van der Waals surface area contributed by atoms with Crippen molar-refractivity contribution in [1.29, 1.82) is 0 Å². The van der Waals surface area contributed by atoms with E-state index < -0.39 is 11.0 Å². The molecule has 2 aliphatic heterocycles. The van der Waals surface area contributed by atoms with Gasteiger partial charge in [0.25, 0.3) is 0 Å². The molecule has 2 heterocycles. The van der Waals surface area contributed by atoms with Gasteiger partial charge in [-0.2, -0.15) is 0 Å². The van der Waals surface area contributed by atoms with Crippen LogP contribution >= 0.6 is 11.6 Å². The van der Waals surface area contributed by atoms with E-state index in [1.165, 1.54) is 0 Å². The van der Waals surface area contributed by atoms with Crippen molar-refractivity contribution in [3.05, 3.63) is 0 Å². The van der Waals surface area contributed by atoms with Gasteiger partial charge in [-0.15, -0.1) is 11.6 Å². The minimum atomic E-state index is -0.540. The van der Waals surface area contributed by atoms with Crippen molar-refractivity contribution in [3.63, 3.8) is 0 Å². The fourth-order valence-electron chi connectivity index (χ4n) is 3.45. The summed E-state index contributed by atoms with van der Waals surface area (Å²) in [5.41, 5.74) is -1.08. The van der Waals surface area contributed by atoms with Crippen molar-refractivity contribution in [1.82, 2.24) is 9.80 Å². The standard InChI is InChI=1S/C17H29ClN2O3/c1-15(2,3)23-14(22)20-8-12-7-19(10-17(12,6)11-20)13(21)16(4,5)9-18/h12H,7-11H2,1-6H3/t12-,17+/m0/s1. The molecule has 0 unspecified atom stereocenters. The summed E-state index contributed by atoms with van der Waals surface area (Å²) in [7, 11) is 0. The van der Waals surface area contributed by atoms with Crippen LogP contribution in [0, 0.1) is 16.7 Å². The van der Waals surface area contributed by atoms with Crippen molar-refractivity contribution in [3.8, 4) is 0 Å². The van der Waals surface area contributed by atoms with Gasteiger partial charge in [0.05, 0.1) is 5.41 Å². The average molecular weight is 345 g/mol. The van der Waals surface area contributed by atoms with Gasteiger partial charge in [-0.1, -0.05) is 6.92 Å². The van der Waals surface area contributed by atoms with Crippen LogP contribution in [-0.2, 0) is 9.53 Å². The van der Waals surface area contributed by atoms with Crippen molar-refractivity contribution < 1.29 is 14.3 Å². The molecular weight excluding hydrogens is 316 g/mol. The van der Waals surface area contributed by atoms with E-state index in [-0.39, 0.29) is 17.4 Å². The van der Waals surface area contributed by atoms with Crippen LogP contribution in [0.2, 0.25) is 0 Å². The number of carbonyl (C=O) groups excluding carboxylic acids is 2. The summed E-state index contributed by atoms with van der Waals surface area (Å²) < 4.78 is 5.47. The van der Waals surface area contributed by atoms with Crippen LogP contribution in [-0.4, -0.2) is 59.5 Å². The lowest BCUT2D eigenvalue weighted by molar-refractivity contribution is -0.138. The van der Waals surface area contributed by atoms with Gasteiger partial charge in [-0.25, -0.2) is 4.79 Å². The van der Waals surface area contributed by atoms with E-state index in [0.29, 0.717) is 38.0 Å². The number of ether oxygens (including phenoxy) is 1. The Bertz CT molecular complexity index is 501. The number of hydrogen-bond acceptors (Lipinski definition) is 3. The van der Waals surface area contributed by atoms with Crippen LogP contribution in [0.4, 0.5) is 4.79 Å².